The Labute approximate surface area is 165 Å². The molecule has 0 aromatic rings. The second-order valence-corrected chi connectivity index (χ2v) is 10.8. The van der Waals surface area contributed by atoms with Gasteiger partial charge in [-0.05, 0) is 87.4 Å². The quantitative estimate of drug-likeness (QED) is 0.698. The summed E-state index contributed by atoms with van der Waals surface area (Å²) in [7, 11) is 2.04. The van der Waals surface area contributed by atoms with Crippen molar-refractivity contribution in [1.82, 2.24) is 9.80 Å². The molecule has 3 unspecified atom stereocenters. The van der Waals surface area contributed by atoms with Crippen LogP contribution in [0.5, 0.6) is 0 Å². The molecule has 4 aliphatic rings. The minimum atomic E-state index is 0.270. The van der Waals surface area contributed by atoms with Crippen LogP contribution in [0.25, 0.3) is 0 Å². The topological polar surface area (TPSA) is 40.6 Å². The van der Waals surface area contributed by atoms with E-state index in [9.17, 15) is 9.59 Å². The van der Waals surface area contributed by atoms with Crippen molar-refractivity contribution in [3.05, 3.63) is 0 Å². The minimum absolute atomic E-state index is 0.270. The first-order valence-electron chi connectivity index (χ1n) is 11.2. The fourth-order valence-electron chi connectivity index (χ4n) is 8.17. The molecule has 1 saturated heterocycles. The molecule has 0 bridgehead atoms. The van der Waals surface area contributed by atoms with Gasteiger partial charge in [-0.25, -0.2) is 0 Å². The Bertz CT molecular complexity index is 619. The van der Waals surface area contributed by atoms with Gasteiger partial charge in [0.2, 0.25) is 12.3 Å². The number of amides is 2. The summed E-state index contributed by atoms with van der Waals surface area (Å²) in [5.41, 5.74) is 0.555. The molecule has 0 aromatic carbocycles. The normalized spacial score (nSPS) is 46.7. The number of rotatable bonds is 3. The van der Waals surface area contributed by atoms with Crippen LogP contribution in [0.2, 0.25) is 0 Å². The van der Waals surface area contributed by atoms with Gasteiger partial charge in [-0.15, -0.1) is 0 Å². The lowest BCUT2D eigenvalue weighted by atomic mass is 9.47. The number of nitrogens with zero attached hydrogens (tertiary/aromatic N) is 2. The van der Waals surface area contributed by atoms with Gasteiger partial charge in [0.05, 0.1) is 0 Å². The van der Waals surface area contributed by atoms with Crippen LogP contribution in [0.1, 0.15) is 79.1 Å². The van der Waals surface area contributed by atoms with Crippen LogP contribution in [-0.2, 0) is 9.59 Å². The first-order valence-corrected chi connectivity index (χ1v) is 11.2. The molecule has 7 atom stereocenters. The zero-order chi connectivity index (χ0) is 19.6. The lowest BCUT2D eigenvalue weighted by Gasteiger charge is -2.62. The van der Waals surface area contributed by atoms with Crippen molar-refractivity contribution in [2.24, 2.45) is 28.6 Å². The smallest absolute Gasteiger partial charge is 0.222 e. The third-order valence-corrected chi connectivity index (χ3v) is 9.59. The van der Waals surface area contributed by atoms with Crippen molar-refractivity contribution >= 4 is 12.3 Å². The molecule has 0 spiro atoms. The van der Waals surface area contributed by atoms with Crippen molar-refractivity contribution in [2.75, 3.05) is 7.05 Å². The van der Waals surface area contributed by atoms with Gasteiger partial charge in [0.25, 0.3) is 0 Å². The molecule has 3 saturated carbocycles. The van der Waals surface area contributed by atoms with E-state index in [1.54, 1.807) is 0 Å². The van der Waals surface area contributed by atoms with Gasteiger partial charge < -0.3 is 9.80 Å². The Hall–Kier alpha value is -1.06. The fourth-order valence-corrected chi connectivity index (χ4v) is 8.17. The van der Waals surface area contributed by atoms with Crippen molar-refractivity contribution in [3.63, 3.8) is 0 Å². The largest absolute Gasteiger partial charge is 0.342 e. The van der Waals surface area contributed by atoms with Crippen LogP contribution in [0.4, 0.5) is 0 Å². The summed E-state index contributed by atoms with van der Waals surface area (Å²) < 4.78 is 0. The van der Waals surface area contributed by atoms with E-state index in [2.05, 4.69) is 37.5 Å². The van der Waals surface area contributed by atoms with Gasteiger partial charge in [-0.2, -0.15) is 0 Å². The molecule has 27 heavy (non-hydrogen) atoms. The second kappa shape index (κ2) is 6.49. The predicted octanol–water partition coefficient (Wildman–Crippen LogP) is 4.09. The number of hydrogen-bond acceptors (Lipinski definition) is 2. The average Bonchev–Trinajstić information content (AvgIpc) is 2.96. The van der Waals surface area contributed by atoms with Crippen LogP contribution in [-0.4, -0.2) is 47.3 Å². The molecule has 4 rings (SSSR count). The first kappa shape index (κ1) is 19.3. The van der Waals surface area contributed by atoms with E-state index in [4.69, 9.17) is 0 Å². The number of carbonyl (C=O) groups excluding carboxylic acids is 2. The highest BCUT2D eigenvalue weighted by Gasteiger charge is 2.61. The van der Waals surface area contributed by atoms with E-state index in [-0.39, 0.29) is 16.9 Å². The van der Waals surface area contributed by atoms with Crippen molar-refractivity contribution in [1.29, 1.82) is 0 Å². The third kappa shape index (κ3) is 2.61. The molecule has 152 valence electrons. The van der Waals surface area contributed by atoms with Crippen molar-refractivity contribution in [2.45, 2.75) is 97.2 Å². The van der Waals surface area contributed by atoms with Crippen molar-refractivity contribution < 1.29 is 9.59 Å². The summed E-state index contributed by atoms with van der Waals surface area (Å²) in [6.45, 7) is 9.27. The molecule has 0 N–H and O–H groups in total. The number of likely N-dealkylation sites (tertiary alicyclic amines) is 1. The highest BCUT2D eigenvalue weighted by molar-refractivity contribution is 5.77. The molecular weight excluding hydrogens is 336 g/mol. The van der Waals surface area contributed by atoms with Crippen LogP contribution >= 0.6 is 0 Å². The first-order chi connectivity index (χ1) is 12.7. The molecule has 2 amide bonds. The summed E-state index contributed by atoms with van der Waals surface area (Å²) in [4.78, 5) is 28.3. The molecule has 4 fully saturated rings. The lowest BCUT2D eigenvalue weighted by Crippen LogP contribution is -2.62. The summed E-state index contributed by atoms with van der Waals surface area (Å²) in [5.74, 6) is 2.60. The van der Waals surface area contributed by atoms with Crippen LogP contribution in [0, 0.1) is 28.6 Å². The van der Waals surface area contributed by atoms with E-state index in [0.29, 0.717) is 18.0 Å². The maximum Gasteiger partial charge on any atom is 0.222 e. The van der Waals surface area contributed by atoms with Gasteiger partial charge in [0.1, 0.15) is 0 Å². The van der Waals surface area contributed by atoms with Gasteiger partial charge >= 0.3 is 0 Å². The highest BCUT2D eigenvalue weighted by atomic mass is 16.2. The van der Waals surface area contributed by atoms with Gasteiger partial charge in [0, 0.05) is 31.6 Å². The predicted molar refractivity (Wildman–Crippen MR) is 107 cm³/mol. The van der Waals surface area contributed by atoms with Crippen LogP contribution in [0.15, 0.2) is 0 Å². The van der Waals surface area contributed by atoms with E-state index < -0.39 is 0 Å². The summed E-state index contributed by atoms with van der Waals surface area (Å²) in [6.07, 6.45) is 10.3. The Kier molecular flexibility index (Phi) is 4.63. The third-order valence-electron chi connectivity index (χ3n) is 9.59. The molecule has 0 aromatic heterocycles. The Morgan fingerprint density at radius 1 is 1.04 bits per heavy atom. The van der Waals surface area contributed by atoms with Crippen LogP contribution < -0.4 is 0 Å². The fraction of sp³-hybridized carbons (Fsp3) is 0.913. The molecule has 1 aliphatic heterocycles. The van der Waals surface area contributed by atoms with E-state index >= 15 is 0 Å². The van der Waals surface area contributed by atoms with Crippen LogP contribution in [0.3, 0.4) is 0 Å². The molecule has 4 heteroatoms. The lowest BCUT2D eigenvalue weighted by molar-refractivity contribution is -0.159. The molecule has 0 radical (unpaired) electrons. The number of fused-ring (bicyclic) bond motifs is 5. The zero-order valence-electron chi connectivity index (χ0n) is 17.9. The molecule has 4 nitrogen and oxygen atoms in total. The van der Waals surface area contributed by atoms with Gasteiger partial charge in [0.15, 0.2) is 0 Å². The Balaban J connectivity index is 1.61. The highest BCUT2D eigenvalue weighted by Crippen LogP contribution is 2.65. The maximum atomic E-state index is 12.3. The maximum absolute atomic E-state index is 12.3. The summed E-state index contributed by atoms with van der Waals surface area (Å²) in [6, 6.07) is 1.12. The Morgan fingerprint density at radius 3 is 2.41 bits per heavy atom. The number of hydrogen-bond donors (Lipinski definition) is 0. The SMILES string of the molecule is CC(C)N(C=O)[C@H]1CCC2C3CC[C@H]4N(C)C(=O)CC[C@]4(C)C3CC[C@@]21C. The van der Waals surface area contributed by atoms with Crippen molar-refractivity contribution in [3.8, 4) is 0 Å². The van der Waals surface area contributed by atoms with E-state index in [1.807, 2.05) is 7.05 Å². The zero-order valence-corrected chi connectivity index (χ0v) is 17.9. The number of piperidine rings is 1. The molecular formula is C23H38N2O2. The summed E-state index contributed by atoms with van der Waals surface area (Å²) in [5, 5.41) is 0. The molecule has 3 aliphatic carbocycles. The van der Waals surface area contributed by atoms with E-state index in [1.165, 1.54) is 38.5 Å². The Morgan fingerprint density at radius 2 is 1.74 bits per heavy atom. The summed E-state index contributed by atoms with van der Waals surface area (Å²) >= 11 is 0. The second-order valence-electron chi connectivity index (χ2n) is 10.8. The monoisotopic (exact) mass is 374 g/mol. The number of carbonyl (C=O) groups is 2. The van der Waals surface area contributed by atoms with Gasteiger partial charge in [-0.3, -0.25) is 9.59 Å². The minimum Gasteiger partial charge on any atom is -0.342 e. The van der Waals surface area contributed by atoms with E-state index in [0.717, 1.165) is 37.0 Å². The molecule has 1 heterocycles. The standard InChI is InChI=1S/C23H38N2O2/c1-15(2)25(14-26)20-9-7-17-16-6-8-19-22(3,13-11-21(27)24(19)5)18(16)10-12-23(17,20)4/h14-20H,6-13H2,1-5H3/t16?,17?,18?,19-,20+,22-,23+/m1/s1. The average molecular weight is 375 g/mol. The van der Waals surface area contributed by atoms with Gasteiger partial charge in [-0.1, -0.05) is 13.8 Å².